The van der Waals surface area contributed by atoms with Crippen molar-refractivity contribution in [3.63, 3.8) is 0 Å². The van der Waals surface area contributed by atoms with E-state index in [2.05, 4.69) is 156 Å². The zero-order valence-electron chi connectivity index (χ0n) is 22.4. The van der Waals surface area contributed by atoms with Gasteiger partial charge in [0.25, 0.3) is 0 Å². The highest BCUT2D eigenvalue weighted by molar-refractivity contribution is 6.38. The van der Waals surface area contributed by atoms with Crippen molar-refractivity contribution in [3.05, 3.63) is 152 Å². The van der Waals surface area contributed by atoms with Gasteiger partial charge in [-0.25, -0.2) is 0 Å². The van der Waals surface area contributed by atoms with Crippen molar-refractivity contribution < 1.29 is 0 Å². The zero-order chi connectivity index (χ0) is 26.9. The normalized spacial score (nSPS) is 11.9. The summed E-state index contributed by atoms with van der Waals surface area (Å²) >= 11 is 0. The highest BCUT2D eigenvalue weighted by Gasteiger charge is 2.21. The monoisotopic (exact) mass is 519 g/mol. The molecule has 0 aliphatic heterocycles. The molecule has 0 saturated heterocycles. The molecule has 1 heterocycles. The van der Waals surface area contributed by atoms with E-state index >= 15 is 0 Å². The third-order valence-corrected chi connectivity index (χ3v) is 8.74. The van der Waals surface area contributed by atoms with E-state index in [4.69, 9.17) is 0 Å². The van der Waals surface area contributed by atoms with Crippen molar-refractivity contribution >= 4 is 64.9 Å². The van der Waals surface area contributed by atoms with Crippen LogP contribution in [0.25, 0.3) is 81.7 Å². The van der Waals surface area contributed by atoms with E-state index in [9.17, 15) is 0 Å². The zero-order valence-corrected chi connectivity index (χ0v) is 22.4. The van der Waals surface area contributed by atoms with Gasteiger partial charge in [0.2, 0.25) is 0 Å². The van der Waals surface area contributed by atoms with Gasteiger partial charge in [-0.2, -0.15) is 0 Å². The van der Waals surface area contributed by atoms with Gasteiger partial charge in [-0.05, 0) is 67.7 Å². The van der Waals surface area contributed by atoms with Gasteiger partial charge >= 0.3 is 0 Å². The van der Waals surface area contributed by atoms with E-state index in [0.29, 0.717) is 0 Å². The predicted octanol–water partition coefficient (Wildman–Crippen LogP) is 11.1. The van der Waals surface area contributed by atoms with Crippen molar-refractivity contribution in [2.24, 2.45) is 0 Å². The minimum absolute atomic E-state index is 1.18. The molecule has 9 aromatic rings. The van der Waals surface area contributed by atoms with Gasteiger partial charge in [-0.15, -0.1) is 0 Å². The van der Waals surface area contributed by atoms with Gasteiger partial charge in [-0.1, -0.05) is 127 Å². The number of rotatable bonds is 2. The van der Waals surface area contributed by atoms with E-state index in [1.54, 1.807) is 0 Å². The standard InChI is InChI=1S/C40H25N/c1-2-15-27(16-3-1)41-37-24-11-10-22-34(37)39-38-32-20-8-6-18-30(32)35(29-23-12-14-26-13-4-5-17-28(26)29)25-36(38)31-19-7-9-21-33(31)40(39)41/h1-25H. The van der Waals surface area contributed by atoms with Crippen LogP contribution in [0.3, 0.4) is 0 Å². The SMILES string of the molecule is c1ccc(-n2c3ccccc3c3c4c5ccccc5c(-c5cccc6ccccc56)cc4c4ccccc4c32)cc1. The summed E-state index contributed by atoms with van der Waals surface area (Å²) in [6.07, 6.45) is 0. The Morgan fingerprint density at radius 2 is 0.951 bits per heavy atom. The van der Waals surface area contributed by atoms with Gasteiger partial charge in [0.1, 0.15) is 0 Å². The molecule has 1 heteroatoms. The van der Waals surface area contributed by atoms with Crippen LogP contribution < -0.4 is 0 Å². The molecule has 0 atom stereocenters. The molecule has 0 amide bonds. The lowest BCUT2D eigenvalue weighted by Crippen LogP contribution is -1.95. The highest BCUT2D eigenvalue weighted by atomic mass is 15.0. The van der Waals surface area contributed by atoms with Gasteiger partial charge in [-0.3, -0.25) is 0 Å². The number of hydrogen-bond acceptors (Lipinski definition) is 0. The summed E-state index contributed by atoms with van der Waals surface area (Å²) in [5.41, 5.74) is 6.23. The van der Waals surface area contributed by atoms with Gasteiger partial charge in [0, 0.05) is 27.2 Å². The van der Waals surface area contributed by atoms with Crippen LogP contribution in [-0.4, -0.2) is 4.57 Å². The van der Waals surface area contributed by atoms with E-state index in [-0.39, 0.29) is 0 Å². The molecule has 0 saturated carbocycles. The molecular formula is C40H25N. The summed E-state index contributed by atoms with van der Waals surface area (Å²) in [5, 5.41) is 12.9. The summed E-state index contributed by atoms with van der Waals surface area (Å²) in [6, 6.07) is 55.4. The lowest BCUT2D eigenvalue weighted by molar-refractivity contribution is 1.19. The minimum Gasteiger partial charge on any atom is -0.309 e. The van der Waals surface area contributed by atoms with Crippen molar-refractivity contribution in [1.29, 1.82) is 0 Å². The Morgan fingerprint density at radius 3 is 1.78 bits per heavy atom. The quantitative estimate of drug-likeness (QED) is 0.200. The van der Waals surface area contributed by atoms with E-state index in [1.807, 2.05) is 0 Å². The van der Waals surface area contributed by atoms with Crippen LogP contribution in [0.1, 0.15) is 0 Å². The molecule has 0 spiro atoms. The molecule has 0 bridgehead atoms. The number of fused-ring (bicyclic) bond motifs is 11. The number of benzene rings is 8. The van der Waals surface area contributed by atoms with Crippen molar-refractivity contribution in [1.82, 2.24) is 4.57 Å². The Bertz CT molecular complexity index is 2460. The fourth-order valence-electron chi connectivity index (χ4n) is 7.06. The first kappa shape index (κ1) is 22.4. The molecular weight excluding hydrogens is 494 g/mol. The van der Waals surface area contributed by atoms with Crippen LogP contribution in [0.2, 0.25) is 0 Å². The second kappa shape index (κ2) is 8.55. The second-order valence-corrected chi connectivity index (χ2v) is 10.9. The highest BCUT2D eigenvalue weighted by Crippen LogP contribution is 2.47. The maximum atomic E-state index is 2.46. The number of aromatic nitrogens is 1. The first-order chi connectivity index (χ1) is 20.4. The number of nitrogens with zero attached hydrogens (tertiary/aromatic N) is 1. The lowest BCUT2D eigenvalue weighted by Gasteiger charge is -2.17. The van der Waals surface area contributed by atoms with Crippen LogP contribution in [0.15, 0.2) is 152 Å². The third kappa shape index (κ3) is 3.12. The molecule has 190 valence electrons. The average molecular weight is 520 g/mol. The second-order valence-electron chi connectivity index (χ2n) is 10.9. The van der Waals surface area contributed by atoms with Crippen LogP contribution in [0.4, 0.5) is 0 Å². The first-order valence-corrected chi connectivity index (χ1v) is 14.2. The van der Waals surface area contributed by atoms with Crippen LogP contribution >= 0.6 is 0 Å². The van der Waals surface area contributed by atoms with Gasteiger partial charge < -0.3 is 4.57 Å². The summed E-state index contributed by atoms with van der Waals surface area (Å²) in [4.78, 5) is 0. The molecule has 0 radical (unpaired) electrons. The molecule has 9 rings (SSSR count). The Morgan fingerprint density at radius 1 is 0.341 bits per heavy atom. The Labute approximate surface area is 237 Å². The molecule has 1 nitrogen and oxygen atoms in total. The topological polar surface area (TPSA) is 4.93 Å². The summed E-state index contributed by atoms with van der Waals surface area (Å²) in [7, 11) is 0. The first-order valence-electron chi connectivity index (χ1n) is 14.2. The minimum atomic E-state index is 1.18. The Hall–Kier alpha value is -5.40. The van der Waals surface area contributed by atoms with Crippen molar-refractivity contribution in [2.45, 2.75) is 0 Å². The molecule has 0 N–H and O–H groups in total. The third-order valence-electron chi connectivity index (χ3n) is 8.74. The maximum Gasteiger partial charge on any atom is 0.0626 e. The van der Waals surface area contributed by atoms with Gasteiger partial charge in [0.15, 0.2) is 0 Å². The molecule has 0 unspecified atom stereocenters. The Kier molecular flexibility index (Phi) is 4.67. The van der Waals surface area contributed by atoms with Crippen molar-refractivity contribution in [2.75, 3.05) is 0 Å². The van der Waals surface area contributed by atoms with Crippen LogP contribution in [0.5, 0.6) is 0 Å². The fraction of sp³-hybridized carbons (Fsp3) is 0. The van der Waals surface area contributed by atoms with Crippen molar-refractivity contribution in [3.8, 4) is 16.8 Å². The van der Waals surface area contributed by atoms with E-state index in [0.717, 1.165) is 0 Å². The molecule has 0 aliphatic carbocycles. The average Bonchev–Trinajstić information content (AvgIpc) is 3.40. The molecule has 41 heavy (non-hydrogen) atoms. The maximum absolute atomic E-state index is 2.46. The number of para-hydroxylation sites is 2. The fourth-order valence-corrected chi connectivity index (χ4v) is 7.06. The molecule has 8 aromatic carbocycles. The van der Waals surface area contributed by atoms with Crippen LogP contribution in [-0.2, 0) is 0 Å². The van der Waals surface area contributed by atoms with Gasteiger partial charge in [0.05, 0.1) is 11.0 Å². The summed E-state index contributed by atoms with van der Waals surface area (Å²) in [5.74, 6) is 0. The largest absolute Gasteiger partial charge is 0.309 e. The van der Waals surface area contributed by atoms with Crippen LogP contribution in [0, 0.1) is 0 Å². The van der Waals surface area contributed by atoms with E-state index < -0.39 is 0 Å². The lowest BCUT2D eigenvalue weighted by atomic mass is 9.87. The summed E-state index contributed by atoms with van der Waals surface area (Å²) < 4.78 is 2.46. The molecule has 0 fully saturated rings. The Balaban J connectivity index is 1.57. The smallest absolute Gasteiger partial charge is 0.0626 e. The molecule has 1 aromatic heterocycles. The summed E-state index contributed by atoms with van der Waals surface area (Å²) in [6.45, 7) is 0. The van der Waals surface area contributed by atoms with E-state index in [1.165, 1.54) is 81.7 Å². The molecule has 0 aliphatic rings. The number of hydrogen-bond donors (Lipinski definition) is 0. The predicted molar refractivity (Wildman–Crippen MR) is 176 cm³/mol.